The number of H-pyrrole nitrogens is 1. The van der Waals surface area contributed by atoms with Gasteiger partial charge in [-0.1, -0.05) is 24.3 Å². The second-order valence-electron chi connectivity index (χ2n) is 8.86. The molecule has 2 aromatic heterocycles. The molecule has 0 aliphatic carbocycles. The van der Waals surface area contributed by atoms with E-state index in [1.165, 1.54) is 6.26 Å². The smallest absolute Gasteiger partial charge is 0.253 e. The largest absolute Gasteiger partial charge is 0.357 e. The molecular formula is C24H27N5O3S. The first-order valence-electron chi connectivity index (χ1n) is 11.2. The van der Waals surface area contributed by atoms with Crippen molar-refractivity contribution in [1.82, 2.24) is 20.3 Å². The van der Waals surface area contributed by atoms with E-state index in [1.807, 2.05) is 31.2 Å². The molecule has 0 saturated heterocycles. The number of hydrogen-bond acceptors (Lipinski definition) is 6. The van der Waals surface area contributed by atoms with Gasteiger partial charge in [-0.25, -0.2) is 18.4 Å². The van der Waals surface area contributed by atoms with Crippen molar-refractivity contribution in [2.75, 3.05) is 36.5 Å². The highest BCUT2D eigenvalue weighted by atomic mass is 32.2. The monoisotopic (exact) mass is 465 g/mol. The summed E-state index contributed by atoms with van der Waals surface area (Å²) in [5, 5.41) is 3.00. The topological polar surface area (TPSA) is 108 Å². The minimum Gasteiger partial charge on any atom is -0.357 e. The highest BCUT2D eigenvalue weighted by molar-refractivity contribution is 7.90. The Bertz CT molecular complexity index is 1380. The molecule has 1 amide bonds. The molecule has 8 nitrogen and oxygen atoms in total. The van der Waals surface area contributed by atoms with Crippen LogP contribution in [-0.4, -0.2) is 60.9 Å². The van der Waals surface area contributed by atoms with Crippen molar-refractivity contribution in [2.45, 2.75) is 25.7 Å². The van der Waals surface area contributed by atoms with Gasteiger partial charge in [-0.15, -0.1) is 0 Å². The van der Waals surface area contributed by atoms with Crippen LogP contribution < -0.4 is 10.2 Å². The summed E-state index contributed by atoms with van der Waals surface area (Å²) in [6.45, 7) is 3.69. The van der Waals surface area contributed by atoms with Gasteiger partial charge in [0.2, 0.25) is 0 Å². The number of nitrogens with zero attached hydrogens (tertiary/aromatic N) is 3. The van der Waals surface area contributed by atoms with E-state index in [2.05, 4.69) is 27.4 Å². The predicted molar refractivity (Wildman–Crippen MR) is 129 cm³/mol. The van der Waals surface area contributed by atoms with Gasteiger partial charge in [-0.3, -0.25) is 4.79 Å². The number of para-hydroxylation sites is 1. The zero-order valence-electron chi connectivity index (χ0n) is 18.8. The SMILES string of the molecule is Cc1nc2cccc3c2nc1N(CCCS(C)(=O)=O)C/C=C/C[C@H]1CNC(=O)c2cc-3[nH]c21. The molecule has 2 aliphatic heterocycles. The van der Waals surface area contributed by atoms with Crippen LogP contribution in [0.3, 0.4) is 0 Å². The minimum absolute atomic E-state index is 0.0558. The molecule has 33 heavy (non-hydrogen) atoms. The summed E-state index contributed by atoms with van der Waals surface area (Å²) in [6.07, 6.45) is 6.79. The third kappa shape index (κ3) is 4.25. The number of nitrogens with one attached hydrogen (secondary N) is 2. The lowest BCUT2D eigenvalue weighted by atomic mass is 9.94. The summed E-state index contributed by atoms with van der Waals surface area (Å²) in [5.74, 6) is 0.992. The van der Waals surface area contributed by atoms with Crippen LogP contribution in [0.25, 0.3) is 22.3 Å². The predicted octanol–water partition coefficient (Wildman–Crippen LogP) is 2.96. The molecule has 5 rings (SSSR count). The van der Waals surface area contributed by atoms with Crippen LogP contribution >= 0.6 is 0 Å². The van der Waals surface area contributed by atoms with Gasteiger partial charge in [-0.2, -0.15) is 0 Å². The van der Waals surface area contributed by atoms with Crippen molar-refractivity contribution in [3.05, 3.63) is 53.4 Å². The van der Waals surface area contributed by atoms with Gasteiger partial charge in [0.05, 0.1) is 22.5 Å². The van der Waals surface area contributed by atoms with Gasteiger partial charge in [-0.05, 0) is 31.9 Å². The van der Waals surface area contributed by atoms with E-state index in [4.69, 9.17) is 9.97 Å². The van der Waals surface area contributed by atoms with E-state index < -0.39 is 9.84 Å². The van der Waals surface area contributed by atoms with E-state index in [0.29, 0.717) is 31.6 Å². The van der Waals surface area contributed by atoms with Crippen LogP contribution in [0.15, 0.2) is 36.4 Å². The first kappa shape index (κ1) is 21.6. The fourth-order valence-electron chi connectivity index (χ4n) is 4.68. The summed E-state index contributed by atoms with van der Waals surface area (Å²) < 4.78 is 23.3. The lowest BCUT2D eigenvalue weighted by Gasteiger charge is -2.24. The highest BCUT2D eigenvalue weighted by Gasteiger charge is 2.28. The lowest BCUT2D eigenvalue weighted by molar-refractivity contribution is 0.0940. The molecular weight excluding hydrogens is 438 g/mol. The van der Waals surface area contributed by atoms with Crippen LogP contribution in [0.1, 0.15) is 40.5 Å². The van der Waals surface area contributed by atoms with Crippen molar-refractivity contribution in [3.8, 4) is 11.3 Å². The van der Waals surface area contributed by atoms with Crippen LogP contribution in [-0.2, 0) is 9.84 Å². The molecule has 4 heterocycles. The summed E-state index contributed by atoms with van der Waals surface area (Å²) >= 11 is 0. The number of hydrogen-bond donors (Lipinski definition) is 2. The number of carbonyl (C=O) groups excluding carboxylic acids is 1. The average molecular weight is 466 g/mol. The lowest BCUT2D eigenvalue weighted by Crippen LogP contribution is -2.34. The standard InChI is InChI=1S/C24H27N5O3S/c1-15-23-28-22-17(8-5-9-19(22)26-15)20-13-18-21(27-20)16(14-25-24(18)30)7-3-4-10-29(23)11-6-12-33(2,31)32/h3-5,8-9,13,16,27H,6-7,10-12,14H2,1-2H3,(H,25,30)/b4-3+/t16-/m0/s1. The average Bonchev–Trinajstić information content (AvgIpc) is 3.21. The number of benzene rings is 1. The van der Waals surface area contributed by atoms with Crippen molar-refractivity contribution in [3.63, 3.8) is 0 Å². The van der Waals surface area contributed by atoms with Crippen LogP contribution in [0.5, 0.6) is 0 Å². The molecule has 172 valence electrons. The van der Waals surface area contributed by atoms with Crippen LogP contribution in [0, 0.1) is 6.92 Å². The summed E-state index contributed by atoms with van der Waals surface area (Å²) in [6, 6.07) is 7.79. The molecule has 0 saturated carbocycles. The third-order valence-electron chi connectivity index (χ3n) is 6.30. The Hall–Kier alpha value is -3.20. The fourth-order valence-corrected chi connectivity index (χ4v) is 5.33. The minimum atomic E-state index is -3.03. The van der Waals surface area contributed by atoms with Crippen LogP contribution in [0.2, 0.25) is 0 Å². The summed E-state index contributed by atoms with van der Waals surface area (Å²) in [4.78, 5) is 28.0. The quantitative estimate of drug-likeness (QED) is 0.574. The molecule has 9 heteroatoms. The Labute approximate surface area is 193 Å². The maximum absolute atomic E-state index is 12.5. The highest BCUT2D eigenvalue weighted by Crippen LogP contribution is 2.34. The normalized spacial score (nSPS) is 19.0. The fraction of sp³-hybridized carbons (Fsp3) is 0.375. The van der Waals surface area contributed by atoms with Gasteiger partial charge < -0.3 is 15.2 Å². The second kappa shape index (κ2) is 8.30. The first-order chi connectivity index (χ1) is 15.8. The zero-order chi connectivity index (χ0) is 23.2. The number of sulfone groups is 1. The number of anilines is 1. The van der Waals surface area contributed by atoms with Crippen molar-refractivity contribution in [1.29, 1.82) is 0 Å². The van der Waals surface area contributed by atoms with Crippen molar-refractivity contribution in [2.24, 2.45) is 0 Å². The molecule has 0 unspecified atom stereocenters. The van der Waals surface area contributed by atoms with Crippen molar-refractivity contribution >= 4 is 32.6 Å². The zero-order valence-corrected chi connectivity index (χ0v) is 19.6. The van der Waals surface area contributed by atoms with E-state index in [1.54, 1.807) is 0 Å². The Balaban J connectivity index is 1.65. The number of aromatic amines is 1. The molecule has 1 aromatic carbocycles. The van der Waals surface area contributed by atoms with E-state index >= 15 is 0 Å². The van der Waals surface area contributed by atoms with Gasteiger partial charge in [0.25, 0.3) is 5.91 Å². The van der Waals surface area contributed by atoms with Gasteiger partial charge in [0.15, 0.2) is 5.82 Å². The Morgan fingerprint density at radius 1 is 1.18 bits per heavy atom. The van der Waals surface area contributed by atoms with E-state index in [9.17, 15) is 13.2 Å². The maximum atomic E-state index is 12.5. The molecule has 2 N–H and O–H groups in total. The summed E-state index contributed by atoms with van der Waals surface area (Å²) in [7, 11) is -3.03. The van der Waals surface area contributed by atoms with E-state index in [0.717, 1.165) is 45.9 Å². The van der Waals surface area contributed by atoms with Gasteiger partial charge >= 0.3 is 0 Å². The van der Waals surface area contributed by atoms with Crippen LogP contribution in [0.4, 0.5) is 5.82 Å². The molecule has 0 spiro atoms. The number of amides is 1. The van der Waals surface area contributed by atoms with E-state index in [-0.39, 0.29) is 17.6 Å². The molecule has 1 atom stereocenters. The third-order valence-corrected chi connectivity index (χ3v) is 7.33. The number of rotatable bonds is 4. The number of allylic oxidation sites excluding steroid dienone is 1. The number of aryl methyl sites for hydroxylation is 1. The maximum Gasteiger partial charge on any atom is 0.253 e. The molecule has 4 bridgehead atoms. The second-order valence-corrected chi connectivity index (χ2v) is 11.1. The van der Waals surface area contributed by atoms with Gasteiger partial charge in [0, 0.05) is 48.8 Å². The Kier molecular flexibility index (Phi) is 5.44. The Morgan fingerprint density at radius 3 is 2.85 bits per heavy atom. The molecule has 3 aromatic rings. The Morgan fingerprint density at radius 2 is 2.03 bits per heavy atom. The number of aromatic nitrogens is 3. The first-order valence-corrected chi connectivity index (χ1v) is 13.2. The van der Waals surface area contributed by atoms with Crippen molar-refractivity contribution < 1.29 is 13.2 Å². The number of carbonyl (C=O) groups is 1. The molecule has 0 fully saturated rings. The molecule has 0 radical (unpaired) electrons. The molecule has 2 aliphatic rings. The summed E-state index contributed by atoms with van der Waals surface area (Å²) in [5.41, 5.74) is 5.72. The van der Waals surface area contributed by atoms with Gasteiger partial charge in [0.1, 0.15) is 15.4 Å². The number of fused-ring (bicyclic) bond motifs is 3.